The average Bonchev–Trinajstić information content (AvgIpc) is 2.75. The van der Waals surface area contributed by atoms with Gasteiger partial charge >= 0.3 is 17.9 Å². The second kappa shape index (κ2) is 15.3. The standard InChI is InChI=1S/C26H48O6/c1-9-13-15-20(11-3)22(27)30-17-25(5,6)18-32-24(29)26(7,8)19-31-23(28)21(12-4)16-14-10-2/h20-21H,9-19H2,1-8H3. The predicted octanol–water partition coefficient (Wildman–Crippen LogP) is 6.10. The molecule has 0 saturated heterocycles. The molecule has 0 aromatic rings. The number of ether oxygens (including phenoxy) is 3. The summed E-state index contributed by atoms with van der Waals surface area (Å²) < 4.78 is 16.5. The molecule has 0 saturated carbocycles. The largest absolute Gasteiger partial charge is 0.465 e. The van der Waals surface area contributed by atoms with Crippen molar-refractivity contribution in [2.45, 2.75) is 107 Å². The summed E-state index contributed by atoms with van der Waals surface area (Å²) in [5.74, 6) is -1.06. The van der Waals surface area contributed by atoms with Crippen molar-refractivity contribution in [1.29, 1.82) is 0 Å². The van der Waals surface area contributed by atoms with Crippen LogP contribution < -0.4 is 0 Å². The fourth-order valence-electron chi connectivity index (χ4n) is 3.19. The van der Waals surface area contributed by atoms with Crippen molar-refractivity contribution in [3.05, 3.63) is 0 Å². The van der Waals surface area contributed by atoms with Gasteiger partial charge in [0, 0.05) is 5.41 Å². The van der Waals surface area contributed by atoms with E-state index in [-0.39, 0.29) is 43.6 Å². The number of unbranched alkanes of at least 4 members (excludes halogenated alkanes) is 2. The molecule has 0 spiro atoms. The first-order valence-corrected chi connectivity index (χ1v) is 12.4. The van der Waals surface area contributed by atoms with Crippen LogP contribution in [0, 0.1) is 22.7 Å². The zero-order chi connectivity index (χ0) is 24.8. The Kier molecular flexibility index (Phi) is 14.5. The molecule has 6 heteroatoms. The van der Waals surface area contributed by atoms with E-state index in [1.165, 1.54) is 0 Å². The molecular formula is C26H48O6. The number of hydrogen-bond donors (Lipinski definition) is 0. The Labute approximate surface area is 196 Å². The molecule has 0 bridgehead atoms. The van der Waals surface area contributed by atoms with Crippen LogP contribution in [0.15, 0.2) is 0 Å². The van der Waals surface area contributed by atoms with Crippen molar-refractivity contribution in [3.63, 3.8) is 0 Å². The van der Waals surface area contributed by atoms with E-state index < -0.39 is 16.8 Å². The van der Waals surface area contributed by atoms with E-state index in [0.717, 1.165) is 51.4 Å². The van der Waals surface area contributed by atoms with E-state index in [4.69, 9.17) is 14.2 Å². The molecule has 188 valence electrons. The molecule has 0 aromatic carbocycles. The van der Waals surface area contributed by atoms with Crippen LogP contribution in [0.4, 0.5) is 0 Å². The van der Waals surface area contributed by atoms with E-state index in [2.05, 4.69) is 13.8 Å². The molecule has 0 N–H and O–H groups in total. The van der Waals surface area contributed by atoms with Crippen LogP contribution in [0.2, 0.25) is 0 Å². The maximum Gasteiger partial charge on any atom is 0.315 e. The lowest BCUT2D eigenvalue weighted by Gasteiger charge is -2.28. The summed E-state index contributed by atoms with van der Waals surface area (Å²) in [5, 5.41) is 0. The molecule has 0 aliphatic heterocycles. The van der Waals surface area contributed by atoms with Gasteiger partial charge in [-0.25, -0.2) is 0 Å². The Morgan fingerprint density at radius 3 is 1.47 bits per heavy atom. The van der Waals surface area contributed by atoms with Gasteiger partial charge < -0.3 is 14.2 Å². The molecule has 0 aromatic heterocycles. The molecule has 0 aliphatic carbocycles. The van der Waals surface area contributed by atoms with Crippen LogP contribution in [0.25, 0.3) is 0 Å². The number of esters is 3. The smallest absolute Gasteiger partial charge is 0.315 e. The zero-order valence-corrected chi connectivity index (χ0v) is 21.9. The highest BCUT2D eigenvalue weighted by Crippen LogP contribution is 2.24. The Bertz CT molecular complexity index is 567. The Morgan fingerprint density at radius 1 is 0.656 bits per heavy atom. The topological polar surface area (TPSA) is 78.9 Å². The molecule has 0 radical (unpaired) electrons. The minimum atomic E-state index is -0.946. The lowest BCUT2D eigenvalue weighted by molar-refractivity contribution is -0.167. The Balaban J connectivity index is 4.59. The second-order valence-electron chi connectivity index (χ2n) is 10.3. The second-order valence-corrected chi connectivity index (χ2v) is 10.3. The van der Waals surface area contributed by atoms with Gasteiger partial charge in [0.05, 0.1) is 30.5 Å². The van der Waals surface area contributed by atoms with Gasteiger partial charge in [0.2, 0.25) is 0 Å². The van der Waals surface area contributed by atoms with Crippen LogP contribution in [0.1, 0.15) is 107 Å². The number of hydrogen-bond acceptors (Lipinski definition) is 6. The highest BCUT2D eigenvalue weighted by atomic mass is 16.6. The van der Waals surface area contributed by atoms with E-state index >= 15 is 0 Å². The van der Waals surface area contributed by atoms with Crippen molar-refractivity contribution in [2.75, 3.05) is 19.8 Å². The van der Waals surface area contributed by atoms with Crippen LogP contribution in [-0.2, 0) is 28.6 Å². The third-order valence-electron chi connectivity index (χ3n) is 5.79. The minimum absolute atomic E-state index is 0.0156. The van der Waals surface area contributed by atoms with Gasteiger partial charge in [-0.15, -0.1) is 0 Å². The summed E-state index contributed by atoms with van der Waals surface area (Å²) in [5.41, 5.74) is -1.45. The van der Waals surface area contributed by atoms with Crippen molar-refractivity contribution in [3.8, 4) is 0 Å². The van der Waals surface area contributed by atoms with E-state index in [9.17, 15) is 14.4 Å². The lowest BCUT2D eigenvalue weighted by atomic mass is 9.93. The molecular weight excluding hydrogens is 408 g/mol. The highest BCUT2D eigenvalue weighted by Gasteiger charge is 2.34. The van der Waals surface area contributed by atoms with Crippen molar-refractivity contribution >= 4 is 17.9 Å². The minimum Gasteiger partial charge on any atom is -0.465 e. The summed E-state index contributed by atoms with van der Waals surface area (Å²) in [6.45, 7) is 15.7. The number of rotatable bonds is 17. The number of carbonyl (C=O) groups is 3. The van der Waals surface area contributed by atoms with Crippen LogP contribution in [0.5, 0.6) is 0 Å². The first kappa shape index (κ1) is 30.4. The van der Waals surface area contributed by atoms with Crippen molar-refractivity contribution < 1.29 is 28.6 Å². The predicted molar refractivity (Wildman–Crippen MR) is 127 cm³/mol. The fraction of sp³-hybridized carbons (Fsp3) is 0.885. The van der Waals surface area contributed by atoms with E-state index in [1.807, 2.05) is 27.7 Å². The molecule has 32 heavy (non-hydrogen) atoms. The first-order chi connectivity index (χ1) is 14.9. The van der Waals surface area contributed by atoms with Gasteiger partial charge in [-0.05, 0) is 39.5 Å². The van der Waals surface area contributed by atoms with Crippen LogP contribution >= 0.6 is 0 Å². The Hall–Kier alpha value is -1.59. The maximum absolute atomic E-state index is 12.6. The van der Waals surface area contributed by atoms with Gasteiger partial charge in [0.15, 0.2) is 0 Å². The van der Waals surface area contributed by atoms with Crippen molar-refractivity contribution in [2.24, 2.45) is 22.7 Å². The Morgan fingerprint density at radius 2 is 1.06 bits per heavy atom. The van der Waals surface area contributed by atoms with Gasteiger partial charge in [0.1, 0.15) is 6.61 Å². The summed E-state index contributed by atoms with van der Waals surface area (Å²) in [6, 6.07) is 0. The van der Waals surface area contributed by atoms with Gasteiger partial charge in [-0.2, -0.15) is 0 Å². The maximum atomic E-state index is 12.6. The molecule has 0 fully saturated rings. The monoisotopic (exact) mass is 456 g/mol. The molecule has 6 nitrogen and oxygen atoms in total. The summed E-state index contributed by atoms with van der Waals surface area (Å²) in [4.78, 5) is 37.3. The van der Waals surface area contributed by atoms with Gasteiger partial charge in [0.25, 0.3) is 0 Å². The molecule has 0 heterocycles. The molecule has 2 atom stereocenters. The number of carbonyl (C=O) groups excluding carboxylic acids is 3. The lowest BCUT2D eigenvalue weighted by Crippen LogP contribution is -2.37. The quantitative estimate of drug-likeness (QED) is 0.194. The third kappa shape index (κ3) is 11.9. The van der Waals surface area contributed by atoms with Crippen LogP contribution in [-0.4, -0.2) is 37.7 Å². The van der Waals surface area contributed by atoms with E-state index in [0.29, 0.717) is 0 Å². The molecule has 0 amide bonds. The fourth-order valence-corrected chi connectivity index (χ4v) is 3.19. The average molecular weight is 457 g/mol. The summed E-state index contributed by atoms with van der Waals surface area (Å²) >= 11 is 0. The molecule has 0 rings (SSSR count). The van der Waals surface area contributed by atoms with Gasteiger partial charge in [-0.3, -0.25) is 14.4 Å². The first-order valence-electron chi connectivity index (χ1n) is 12.4. The van der Waals surface area contributed by atoms with Crippen LogP contribution in [0.3, 0.4) is 0 Å². The third-order valence-corrected chi connectivity index (χ3v) is 5.79. The highest BCUT2D eigenvalue weighted by molar-refractivity contribution is 5.77. The summed E-state index contributed by atoms with van der Waals surface area (Å²) in [6.07, 6.45) is 7.21. The van der Waals surface area contributed by atoms with Gasteiger partial charge in [-0.1, -0.05) is 67.2 Å². The SMILES string of the molecule is CCCCC(CC)C(=O)OCC(C)(C)COC(=O)C(C)(C)COC(=O)C(CC)CCCC. The zero-order valence-electron chi connectivity index (χ0n) is 21.9. The molecule has 2 unspecified atom stereocenters. The van der Waals surface area contributed by atoms with E-state index in [1.54, 1.807) is 13.8 Å². The normalized spacial score (nSPS) is 13.9. The van der Waals surface area contributed by atoms with Crippen molar-refractivity contribution in [1.82, 2.24) is 0 Å². The summed E-state index contributed by atoms with van der Waals surface area (Å²) in [7, 11) is 0. The molecule has 0 aliphatic rings.